The minimum atomic E-state index is -4.67. The van der Waals surface area contributed by atoms with Gasteiger partial charge in [-0.15, -0.1) is 0 Å². The van der Waals surface area contributed by atoms with E-state index in [1.165, 1.54) is 12.1 Å². The lowest BCUT2D eigenvalue weighted by Gasteiger charge is -2.13. The first kappa shape index (κ1) is 34.0. The van der Waals surface area contributed by atoms with Crippen LogP contribution in [0.3, 0.4) is 0 Å². The fourth-order valence-corrected chi connectivity index (χ4v) is 8.39. The Morgan fingerprint density at radius 1 is 0.345 bits per heavy atom. The molecule has 0 fully saturated rings. The second kappa shape index (κ2) is 13.1. The Bertz CT molecular complexity index is 3550. The van der Waals surface area contributed by atoms with Gasteiger partial charge in [-0.1, -0.05) is 91.0 Å². The van der Waals surface area contributed by atoms with E-state index in [-0.39, 0.29) is 5.30 Å². The summed E-state index contributed by atoms with van der Waals surface area (Å²) in [5.74, 6) is 0. The van der Waals surface area contributed by atoms with E-state index in [0.29, 0.717) is 39.1 Å². The van der Waals surface area contributed by atoms with Crippen LogP contribution in [-0.4, -0.2) is 39.7 Å². The van der Waals surface area contributed by atoms with Crippen molar-refractivity contribution in [3.8, 4) is 45.0 Å². The number of hydrogen-bond acceptors (Lipinski definition) is 7. The van der Waals surface area contributed by atoms with Crippen LogP contribution < -0.4 is 5.30 Å². The molecule has 0 atom stereocenters. The average molecular weight is 769 g/mol. The standard InChI is InChI=1S/C48H29N6O3P/c55-58(56,57)38-26-36(41-20-16-31-11-9-29-7-3-23-50-44(29)46(31)53-41)25-37(27-38)42-21-17-33-13-12-32-15-19-40(52-47(32)48(33)54-42)35-5-1-4-34(24-35)39-18-14-30-10-8-28-6-2-22-49-43(28)45(30)51-39/h1-27H,(H2,55,56,57). The third kappa shape index (κ3) is 5.85. The Morgan fingerprint density at radius 3 is 1.07 bits per heavy atom. The van der Waals surface area contributed by atoms with Gasteiger partial charge in [0.2, 0.25) is 0 Å². The fraction of sp³-hybridized carbons (Fsp3) is 0. The number of hydrogen-bond donors (Lipinski definition) is 2. The molecule has 0 saturated heterocycles. The van der Waals surface area contributed by atoms with Crippen molar-refractivity contribution in [3.05, 3.63) is 164 Å². The second-order valence-corrected chi connectivity index (χ2v) is 15.9. The summed E-state index contributed by atoms with van der Waals surface area (Å²) in [5, 5.41) is 5.62. The van der Waals surface area contributed by atoms with Gasteiger partial charge in [-0.2, -0.15) is 0 Å². The van der Waals surface area contributed by atoms with Crippen LogP contribution >= 0.6 is 7.60 Å². The molecule has 5 aromatic carbocycles. The Labute approximate surface area is 330 Å². The van der Waals surface area contributed by atoms with Gasteiger partial charge in [-0.25, -0.2) is 19.9 Å². The van der Waals surface area contributed by atoms with Gasteiger partial charge in [0.15, 0.2) is 0 Å². The summed E-state index contributed by atoms with van der Waals surface area (Å²) in [6.07, 6.45) is 3.53. The highest BCUT2D eigenvalue weighted by atomic mass is 31.2. The summed E-state index contributed by atoms with van der Waals surface area (Å²) < 4.78 is 12.8. The molecule has 0 amide bonds. The predicted octanol–water partition coefficient (Wildman–Crippen LogP) is 10.4. The van der Waals surface area contributed by atoms with Gasteiger partial charge in [0.1, 0.15) is 0 Å². The molecule has 0 aliphatic rings. The Balaban J connectivity index is 1.02. The molecule has 58 heavy (non-hydrogen) atoms. The second-order valence-electron chi connectivity index (χ2n) is 14.3. The van der Waals surface area contributed by atoms with Crippen molar-refractivity contribution in [3.63, 3.8) is 0 Å². The lowest BCUT2D eigenvalue weighted by atomic mass is 10.0. The van der Waals surface area contributed by atoms with Gasteiger partial charge in [0.05, 0.1) is 61.2 Å². The van der Waals surface area contributed by atoms with Crippen LogP contribution in [0.15, 0.2) is 164 Å². The van der Waals surface area contributed by atoms with Crippen molar-refractivity contribution < 1.29 is 14.4 Å². The van der Waals surface area contributed by atoms with Gasteiger partial charge in [0.25, 0.3) is 0 Å². The van der Waals surface area contributed by atoms with Crippen LogP contribution in [0.4, 0.5) is 0 Å². The maximum atomic E-state index is 12.8. The summed E-state index contributed by atoms with van der Waals surface area (Å²) in [7, 11) is -4.67. The number of fused-ring (bicyclic) bond motifs is 9. The fourth-order valence-electron chi connectivity index (χ4n) is 7.77. The van der Waals surface area contributed by atoms with E-state index in [1.807, 2.05) is 115 Å². The summed E-state index contributed by atoms with van der Waals surface area (Å²) in [6, 6.07) is 48.9. The van der Waals surface area contributed by atoms with Crippen LogP contribution in [0.25, 0.3) is 110 Å². The lowest BCUT2D eigenvalue weighted by molar-refractivity contribution is 0.387. The van der Waals surface area contributed by atoms with Crippen LogP contribution in [0.5, 0.6) is 0 Å². The molecule has 0 aliphatic carbocycles. The molecule has 0 aliphatic heterocycles. The van der Waals surface area contributed by atoms with Crippen LogP contribution in [0.1, 0.15) is 0 Å². The normalized spacial score (nSPS) is 12.0. The van der Waals surface area contributed by atoms with Crippen molar-refractivity contribution >= 4 is 78.3 Å². The molecule has 0 bridgehead atoms. The van der Waals surface area contributed by atoms with Gasteiger partial charge in [-0.05, 0) is 60.7 Å². The van der Waals surface area contributed by atoms with Crippen LogP contribution in [0, 0.1) is 0 Å². The summed E-state index contributed by atoms with van der Waals surface area (Å²) >= 11 is 0. The predicted molar refractivity (Wildman–Crippen MR) is 232 cm³/mol. The molecular formula is C48H29N6O3P. The number of nitrogens with zero attached hydrogens (tertiary/aromatic N) is 6. The van der Waals surface area contributed by atoms with Crippen molar-refractivity contribution in [2.24, 2.45) is 0 Å². The van der Waals surface area contributed by atoms with E-state index in [2.05, 4.69) is 34.2 Å². The van der Waals surface area contributed by atoms with Crippen molar-refractivity contribution in [1.29, 1.82) is 0 Å². The molecular weight excluding hydrogens is 740 g/mol. The minimum absolute atomic E-state index is 0.122. The van der Waals surface area contributed by atoms with Crippen LogP contribution in [-0.2, 0) is 4.57 Å². The van der Waals surface area contributed by atoms with Crippen LogP contribution in [0.2, 0.25) is 0 Å². The number of rotatable bonds is 5. The van der Waals surface area contributed by atoms with Gasteiger partial charge < -0.3 is 9.79 Å². The Morgan fingerprint density at radius 2 is 0.672 bits per heavy atom. The molecule has 0 spiro atoms. The Kier molecular flexibility index (Phi) is 7.71. The van der Waals surface area contributed by atoms with E-state index in [1.54, 1.807) is 12.4 Å². The number of pyridine rings is 6. The zero-order valence-corrected chi connectivity index (χ0v) is 31.4. The molecule has 274 valence electrons. The van der Waals surface area contributed by atoms with E-state index >= 15 is 0 Å². The van der Waals surface area contributed by atoms with E-state index in [4.69, 9.17) is 19.9 Å². The topological polar surface area (TPSA) is 135 Å². The van der Waals surface area contributed by atoms with Gasteiger partial charge in [0, 0.05) is 67.0 Å². The van der Waals surface area contributed by atoms with Gasteiger partial charge in [-0.3, -0.25) is 14.5 Å². The quantitative estimate of drug-likeness (QED) is 0.130. The molecule has 6 aromatic heterocycles. The first-order valence-electron chi connectivity index (χ1n) is 18.6. The highest BCUT2D eigenvalue weighted by Gasteiger charge is 2.21. The molecule has 11 aromatic rings. The summed E-state index contributed by atoms with van der Waals surface area (Å²) in [4.78, 5) is 50.4. The summed E-state index contributed by atoms with van der Waals surface area (Å²) in [6.45, 7) is 0. The maximum absolute atomic E-state index is 12.8. The maximum Gasteiger partial charge on any atom is 0.356 e. The lowest BCUT2D eigenvalue weighted by Crippen LogP contribution is -2.06. The highest BCUT2D eigenvalue weighted by molar-refractivity contribution is 7.60. The van der Waals surface area contributed by atoms with Gasteiger partial charge >= 0.3 is 7.60 Å². The van der Waals surface area contributed by atoms with E-state index in [9.17, 15) is 14.4 Å². The molecule has 6 heterocycles. The van der Waals surface area contributed by atoms with Crippen molar-refractivity contribution in [1.82, 2.24) is 29.9 Å². The molecule has 10 heteroatoms. The Hall–Kier alpha value is -7.29. The molecule has 2 N–H and O–H groups in total. The molecule has 0 radical (unpaired) electrons. The third-order valence-electron chi connectivity index (χ3n) is 10.7. The number of benzene rings is 5. The molecule has 9 nitrogen and oxygen atoms in total. The number of aromatic nitrogens is 6. The summed E-state index contributed by atoms with van der Waals surface area (Å²) in [5.41, 5.74) is 10.3. The minimum Gasteiger partial charge on any atom is -0.321 e. The smallest absolute Gasteiger partial charge is 0.321 e. The molecule has 11 rings (SSSR count). The zero-order chi connectivity index (χ0) is 39.0. The van der Waals surface area contributed by atoms with E-state index < -0.39 is 7.60 Å². The molecule has 0 saturated carbocycles. The first-order valence-corrected chi connectivity index (χ1v) is 20.3. The monoisotopic (exact) mass is 768 g/mol. The zero-order valence-electron chi connectivity index (χ0n) is 30.5. The average Bonchev–Trinajstić information content (AvgIpc) is 3.27. The third-order valence-corrected chi connectivity index (χ3v) is 11.6. The van der Waals surface area contributed by atoms with Crippen molar-refractivity contribution in [2.45, 2.75) is 0 Å². The SMILES string of the molecule is O=P(O)(O)c1cc(-c2ccc3ccc4cccnc4c3n2)cc(-c2ccc3ccc4ccc(-c5cccc(-c6ccc7ccc8cccnc8c7n6)c5)nc4c3n2)c1. The highest BCUT2D eigenvalue weighted by Crippen LogP contribution is 2.38. The molecule has 0 unspecified atom stereocenters. The first-order chi connectivity index (χ1) is 28.3. The van der Waals surface area contributed by atoms with E-state index in [0.717, 1.165) is 71.4 Å². The van der Waals surface area contributed by atoms with Crippen molar-refractivity contribution in [2.75, 3.05) is 0 Å². The largest absolute Gasteiger partial charge is 0.356 e.